The number of carbonyl (C=O) groups is 5. The monoisotopic (exact) mass is 926 g/mol. The summed E-state index contributed by atoms with van der Waals surface area (Å²) in [5.41, 5.74) is -1.25. The second-order valence-corrected chi connectivity index (χ2v) is 14.1. The highest BCUT2D eigenvalue weighted by Gasteiger charge is 2.34. The number of amides is 4. The van der Waals surface area contributed by atoms with Crippen LogP contribution in [0.15, 0.2) is 0 Å². The lowest BCUT2D eigenvalue weighted by atomic mass is 10.0. The third kappa shape index (κ3) is 34.9. The van der Waals surface area contributed by atoms with E-state index in [4.69, 9.17) is 54.2 Å². The molecule has 4 amide bonds. The van der Waals surface area contributed by atoms with Crippen molar-refractivity contribution in [1.29, 1.82) is 0 Å². The number of aliphatic hydroxyl groups is 5. The molecular weight excluding hydrogens is 852 g/mol. The minimum Gasteiger partial charge on any atom is -0.394 e. The van der Waals surface area contributed by atoms with Gasteiger partial charge in [-0.15, -0.1) is 6.42 Å². The molecule has 2 unspecified atom stereocenters. The zero-order valence-electron chi connectivity index (χ0n) is 37.2. The lowest BCUT2D eigenvalue weighted by molar-refractivity contribution is -0.243. The van der Waals surface area contributed by atoms with Crippen LogP contribution in [0, 0.1) is 12.3 Å². The van der Waals surface area contributed by atoms with Gasteiger partial charge in [-0.1, -0.05) is 6.42 Å². The van der Waals surface area contributed by atoms with E-state index in [-0.39, 0.29) is 149 Å². The fraction of sp³-hybridized carbons (Fsp3) is 0.829. The number of aldehydes is 1. The van der Waals surface area contributed by atoms with Crippen LogP contribution in [0.3, 0.4) is 0 Å². The van der Waals surface area contributed by atoms with Gasteiger partial charge in [-0.05, 0) is 25.7 Å². The third-order valence-electron chi connectivity index (χ3n) is 8.52. The predicted molar refractivity (Wildman–Crippen MR) is 226 cm³/mol. The summed E-state index contributed by atoms with van der Waals surface area (Å²) in [5.74, 6) is 0.511. The fourth-order valence-electron chi connectivity index (χ4n) is 5.14. The van der Waals surface area contributed by atoms with Crippen molar-refractivity contribution in [2.24, 2.45) is 0 Å². The number of terminal acetylenes is 1. The smallest absolute Gasteiger partial charge is 0.295 e. The van der Waals surface area contributed by atoms with E-state index in [9.17, 15) is 44.4 Å². The molecule has 0 aliphatic rings. The highest BCUT2D eigenvalue weighted by Crippen LogP contribution is 2.13. The quantitative estimate of drug-likeness (QED) is 0.0123. The van der Waals surface area contributed by atoms with Crippen LogP contribution in [0.1, 0.15) is 51.9 Å². The molecule has 0 aromatic rings. The van der Waals surface area contributed by atoms with Gasteiger partial charge >= 0.3 is 0 Å². The summed E-state index contributed by atoms with van der Waals surface area (Å²) < 4.78 is 49.5. The van der Waals surface area contributed by atoms with Crippen molar-refractivity contribution in [3.05, 3.63) is 0 Å². The number of hydrogen-bond donors (Lipinski definition) is 9. The fourth-order valence-corrected chi connectivity index (χ4v) is 5.14. The molecule has 23 nitrogen and oxygen atoms in total. The first-order valence-corrected chi connectivity index (χ1v) is 21.5. The molecule has 0 heterocycles. The molecule has 23 heteroatoms. The van der Waals surface area contributed by atoms with Crippen LogP contribution in [0.25, 0.3) is 0 Å². The number of hydrogen-bond acceptors (Lipinski definition) is 19. The van der Waals surface area contributed by atoms with Gasteiger partial charge in [0.25, 0.3) is 5.91 Å². The standard InChI is InChI=1S/C41H74N4O19/c1-3-36(52)42-11-6-4-5-8-39(55)45-41(30-60-16-7-14-46,31-61-17-9-37(53)43-12-19-56-22-24-58-21-15-47)32-62-18-10-38(54)44-13-20-57-23-25-59-26-27-63-40(34(51)28-48)64-35(29-49)33(2)50/h1,14,33-35,40,47-51H,4-13,15-32H2,2H3,(H,42,52)(H,43,53)(H,44,54)(H,45,55)/t33-,34+,35?,40-,41?/m0/s1. The molecule has 0 aromatic carbocycles. The Morgan fingerprint density at radius 1 is 0.625 bits per heavy atom. The van der Waals surface area contributed by atoms with E-state index in [1.807, 2.05) is 5.92 Å². The third-order valence-corrected chi connectivity index (χ3v) is 8.52. The summed E-state index contributed by atoms with van der Waals surface area (Å²) in [6.07, 6.45) is 2.96. The van der Waals surface area contributed by atoms with Gasteiger partial charge in [-0.25, -0.2) is 0 Å². The molecule has 0 bridgehead atoms. The van der Waals surface area contributed by atoms with Crippen molar-refractivity contribution in [2.45, 2.75) is 82.0 Å². The molecule has 64 heavy (non-hydrogen) atoms. The summed E-state index contributed by atoms with van der Waals surface area (Å²) in [6.45, 7) is 2.39. The Bertz CT molecular complexity index is 1250. The van der Waals surface area contributed by atoms with Crippen molar-refractivity contribution in [3.63, 3.8) is 0 Å². The van der Waals surface area contributed by atoms with Crippen molar-refractivity contribution >= 4 is 29.9 Å². The summed E-state index contributed by atoms with van der Waals surface area (Å²) in [7, 11) is 0. The zero-order chi connectivity index (χ0) is 47.5. The SMILES string of the molecule is C#CC(=O)NCCCCCC(=O)NC(COCCC=O)(COCCC(=O)NCCOCCOCCO)COCCC(=O)NCCOCCOCCO[C@@H](OC(CO)[C@H](C)O)[C@H](O)CO. The first-order valence-electron chi connectivity index (χ1n) is 21.5. The van der Waals surface area contributed by atoms with E-state index < -0.39 is 49.3 Å². The normalized spacial score (nSPS) is 14.1. The Morgan fingerprint density at radius 2 is 1.17 bits per heavy atom. The number of ether oxygens (including phenoxy) is 9. The van der Waals surface area contributed by atoms with Gasteiger partial charge in [-0.2, -0.15) is 0 Å². The van der Waals surface area contributed by atoms with Gasteiger partial charge < -0.3 is 94.2 Å². The number of unbranched alkanes of at least 4 members (excludes halogenated alkanes) is 2. The molecule has 372 valence electrons. The zero-order valence-corrected chi connectivity index (χ0v) is 37.2. The predicted octanol–water partition coefficient (Wildman–Crippen LogP) is -3.68. The second kappa shape index (κ2) is 42.2. The Labute approximate surface area is 375 Å². The average molecular weight is 927 g/mol. The maximum absolute atomic E-state index is 13.2. The number of nitrogens with one attached hydrogen (secondary N) is 4. The van der Waals surface area contributed by atoms with E-state index in [0.717, 1.165) is 0 Å². The maximum Gasteiger partial charge on any atom is 0.295 e. The lowest BCUT2D eigenvalue weighted by Gasteiger charge is -2.34. The summed E-state index contributed by atoms with van der Waals surface area (Å²) in [6, 6.07) is 0. The van der Waals surface area contributed by atoms with E-state index in [1.165, 1.54) is 6.92 Å². The van der Waals surface area contributed by atoms with Gasteiger partial charge in [-0.3, -0.25) is 19.2 Å². The van der Waals surface area contributed by atoms with Crippen LogP contribution in [0.2, 0.25) is 0 Å². The number of carbonyl (C=O) groups excluding carboxylic acids is 5. The first-order chi connectivity index (χ1) is 31.0. The Morgan fingerprint density at radius 3 is 1.69 bits per heavy atom. The van der Waals surface area contributed by atoms with Gasteiger partial charge in [0.15, 0.2) is 6.29 Å². The summed E-state index contributed by atoms with van der Waals surface area (Å²) >= 11 is 0. The highest BCUT2D eigenvalue weighted by atomic mass is 16.7. The molecule has 0 aliphatic carbocycles. The van der Waals surface area contributed by atoms with Crippen LogP contribution in [0.5, 0.6) is 0 Å². The lowest BCUT2D eigenvalue weighted by Crippen LogP contribution is -2.58. The first kappa shape index (κ1) is 60.5. The molecule has 5 atom stereocenters. The molecular formula is C41H74N4O19. The van der Waals surface area contributed by atoms with Gasteiger partial charge in [0.1, 0.15) is 24.0 Å². The van der Waals surface area contributed by atoms with E-state index in [2.05, 4.69) is 21.3 Å². The Balaban J connectivity index is 4.95. The highest BCUT2D eigenvalue weighted by molar-refractivity contribution is 5.92. The molecule has 0 radical (unpaired) electrons. The van der Waals surface area contributed by atoms with Crippen LogP contribution in [-0.4, -0.2) is 224 Å². The van der Waals surface area contributed by atoms with Crippen molar-refractivity contribution in [3.8, 4) is 12.3 Å². The molecule has 0 saturated carbocycles. The van der Waals surface area contributed by atoms with Crippen molar-refractivity contribution in [1.82, 2.24) is 21.3 Å². The second-order valence-electron chi connectivity index (χ2n) is 14.1. The van der Waals surface area contributed by atoms with Crippen molar-refractivity contribution in [2.75, 3.05) is 139 Å². The van der Waals surface area contributed by atoms with Gasteiger partial charge in [0.05, 0.1) is 125 Å². The average Bonchev–Trinajstić information content (AvgIpc) is 3.28. The van der Waals surface area contributed by atoms with Gasteiger partial charge in [0, 0.05) is 45.3 Å². The van der Waals surface area contributed by atoms with E-state index in [1.54, 1.807) is 0 Å². The number of aliphatic hydroxyl groups excluding tert-OH is 5. The summed E-state index contributed by atoms with van der Waals surface area (Å²) in [4.78, 5) is 60.3. The minimum absolute atomic E-state index is 0.00593. The minimum atomic E-state index is -1.40. The molecule has 0 rings (SSSR count). The molecule has 0 saturated heterocycles. The van der Waals surface area contributed by atoms with Crippen molar-refractivity contribution < 1.29 is 92.1 Å². The van der Waals surface area contributed by atoms with Crippen LogP contribution in [0.4, 0.5) is 0 Å². The largest absolute Gasteiger partial charge is 0.394 e. The molecule has 0 aliphatic heterocycles. The molecule has 0 aromatic heterocycles. The van der Waals surface area contributed by atoms with Crippen LogP contribution >= 0.6 is 0 Å². The topological polar surface area (TPSA) is 318 Å². The Hall–Kier alpha value is -3.45. The van der Waals surface area contributed by atoms with Crippen LogP contribution < -0.4 is 21.3 Å². The Kier molecular flexibility index (Phi) is 39.9. The summed E-state index contributed by atoms with van der Waals surface area (Å²) in [5, 5.41) is 57.8. The van der Waals surface area contributed by atoms with E-state index >= 15 is 0 Å². The maximum atomic E-state index is 13.2. The molecule has 0 fully saturated rings. The van der Waals surface area contributed by atoms with Gasteiger partial charge in [0.2, 0.25) is 17.7 Å². The van der Waals surface area contributed by atoms with E-state index in [0.29, 0.717) is 45.3 Å². The molecule has 9 N–H and O–H groups in total. The molecule has 0 spiro atoms. The van der Waals surface area contributed by atoms with Crippen LogP contribution in [-0.2, 0) is 66.6 Å². The number of rotatable bonds is 46.